The topological polar surface area (TPSA) is 162 Å². The van der Waals surface area contributed by atoms with E-state index in [2.05, 4.69) is 21.2 Å². The molecule has 0 atom stereocenters. The van der Waals surface area contributed by atoms with Crippen LogP contribution in [0.3, 0.4) is 0 Å². The molecular weight excluding hydrogens is 576 g/mol. The fourth-order valence-corrected chi connectivity index (χ4v) is 3.96. The number of carbonyl (C=O) groups is 3. The van der Waals surface area contributed by atoms with Gasteiger partial charge in [-0.3, -0.25) is 35.1 Å². The highest BCUT2D eigenvalue weighted by Crippen LogP contribution is 2.37. The molecule has 0 bridgehead atoms. The number of imide groups is 2. The number of urea groups is 1. The summed E-state index contributed by atoms with van der Waals surface area (Å²) in [6.07, 6.45) is 1.14. The highest BCUT2D eigenvalue weighted by atomic mass is 79.9. The van der Waals surface area contributed by atoms with Crippen molar-refractivity contribution in [2.45, 2.75) is 0 Å². The lowest BCUT2D eigenvalue weighted by Crippen LogP contribution is -2.54. The third kappa shape index (κ3) is 5.17. The molecule has 1 aliphatic heterocycles. The van der Waals surface area contributed by atoms with E-state index in [0.29, 0.717) is 9.37 Å². The molecule has 1 heterocycles. The van der Waals surface area contributed by atoms with Crippen molar-refractivity contribution >= 4 is 68.5 Å². The molecule has 0 radical (unpaired) electrons. The Morgan fingerprint density at radius 1 is 0.946 bits per heavy atom. The quantitative estimate of drug-likeness (QED) is 0.174. The first-order valence-corrected chi connectivity index (χ1v) is 11.3. The van der Waals surface area contributed by atoms with E-state index in [-0.39, 0.29) is 27.8 Å². The Morgan fingerprint density at radius 3 is 2.32 bits per heavy atom. The number of nitrogens with zero attached hydrogens (tertiary/aromatic N) is 3. The van der Waals surface area contributed by atoms with Crippen LogP contribution in [0.25, 0.3) is 6.08 Å². The number of ether oxygens (including phenoxy) is 1. The molecule has 186 valence electrons. The second-order valence-electron chi connectivity index (χ2n) is 7.36. The van der Waals surface area contributed by atoms with Gasteiger partial charge in [0, 0.05) is 16.1 Å². The molecule has 3 aromatic carbocycles. The summed E-state index contributed by atoms with van der Waals surface area (Å²) in [7, 11) is 0. The van der Waals surface area contributed by atoms with E-state index in [1.807, 2.05) is 0 Å². The van der Waals surface area contributed by atoms with Crippen molar-refractivity contribution in [2.75, 3.05) is 4.90 Å². The number of barbiturate groups is 1. The van der Waals surface area contributed by atoms with Crippen molar-refractivity contribution < 1.29 is 29.0 Å². The number of non-ortho nitro benzene ring substituents is 1. The molecule has 0 aromatic heterocycles. The predicted octanol–water partition coefficient (Wildman–Crippen LogP) is 5.38. The van der Waals surface area contributed by atoms with Crippen LogP contribution in [0.1, 0.15) is 5.56 Å². The van der Waals surface area contributed by atoms with Crippen molar-refractivity contribution in [2.24, 2.45) is 0 Å². The number of rotatable bonds is 6. The van der Waals surface area contributed by atoms with E-state index in [4.69, 9.17) is 16.3 Å². The first-order valence-electron chi connectivity index (χ1n) is 10.1. The van der Waals surface area contributed by atoms with E-state index >= 15 is 0 Å². The number of nitrogens with one attached hydrogen (secondary N) is 1. The van der Waals surface area contributed by atoms with Gasteiger partial charge in [-0.2, -0.15) is 0 Å². The molecule has 4 amide bonds. The van der Waals surface area contributed by atoms with Gasteiger partial charge in [-0.05, 0) is 42.5 Å². The third-order valence-corrected chi connectivity index (χ3v) is 5.85. The zero-order chi connectivity index (χ0) is 26.9. The first kappa shape index (κ1) is 25.5. The van der Waals surface area contributed by atoms with E-state index in [9.17, 15) is 34.6 Å². The van der Waals surface area contributed by atoms with Gasteiger partial charge in [0.15, 0.2) is 0 Å². The molecule has 12 nitrogen and oxygen atoms in total. The van der Waals surface area contributed by atoms with E-state index in [1.54, 1.807) is 12.1 Å². The zero-order valence-electron chi connectivity index (χ0n) is 18.2. The lowest BCUT2D eigenvalue weighted by Gasteiger charge is -2.27. The number of benzene rings is 3. The van der Waals surface area contributed by atoms with Gasteiger partial charge in [0.05, 0.1) is 26.6 Å². The molecular formula is C23H12BrClN4O8. The number of anilines is 1. The number of hydrogen-bond acceptors (Lipinski definition) is 8. The predicted molar refractivity (Wildman–Crippen MR) is 134 cm³/mol. The minimum Gasteiger partial charge on any atom is -0.449 e. The van der Waals surface area contributed by atoms with Crippen LogP contribution >= 0.6 is 27.5 Å². The lowest BCUT2D eigenvalue weighted by molar-refractivity contribution is -0.394. The van der Waals surface area contributed by atoms with E-state index in [1.165, 1.54) is 30.3 Å². The number of nitro groups is 2. The summed E-state index contributed by atoms with van der Waals surface area (Å²) in [6, 6.07) is 12.3. The second kappa shape index (κ2) is 10.2. The van der Waals surface area contributed by atoms with Crippen molar-refractivity contribution in [1.29, 1.82) is 0 Å². The lowest BCUT2D eigenvalue weighted by atomic mass is 10.1. The number of halogens is 2. The number of hydrogen-bond donors (Lipinski definition) is 1. The molecule has 14 heteroatoms. The molecule has 1 N–H and O–H groups in total. The average Bonchev–Trinajstić information content (AvgIpc) is 2.84. The maximum Gasteiger partial charge on any atom is 0.335 e. The second-order valence-corrected chi connectivity index (χ2v) is 8.68. The number of carbonyl (C=O) groups excluding carboxylic acids is 3. The van der Waals surface area contributed by atoms with Crippen LogP contribution in [0.15, 0.2) is 70.7 Å². The van der Waals surface area contributed by atoms with Gasteiger partial charge in [0.2, 0.25) is 5.75 Å². The zero-order valence-corrected chi connectivity index (χ0v) is 20.6. The molecule has 0 unspecified atom stereocenters. The molecule has 4 rings (SSSR count). The van der Waals surface area contributed by atoms with Gasteiger partial charge in [-0.15, -0.1) is 0 Å². The Morgan fingerprint density at radius 2 is 1.65 bits per heavy atom. The van der Waals surface area contributed by atoms with E-state index < -0.39 is 44.6 Å². The number of para-hydroxylation sites is 1. The Bertz CT molecular complexity index is 1540. The smallest absolute Gasteiger partial charge is 0.335 e. The molecule has 1 aliphatic rings. The number of nitro benzene ring substituents is 2. The van der Waals surface area contributed by atoms with E-state index in [0.717, 1.165) is 24.3 Å². The van der Waals surface area contributed by atoms with Crippen molar-refractivity contribution in [3.63, 3.8) is 0 Å². The van der Waals surface area contributed by atoms with Gasteiger partial charge >= 0.3 is 11.7 Å². The SMILES string of the molecule is O=C1NC(=O)N(c2ccccc2Cl)C(=O)/C1=C/c1cc(Br)ccc1Oc1ccc([N+](=O)[O-])cc1[N+](=O)[O-]. The first-order chi connectivity index (χ1) is 17.6. The Labute approximate surface area is 220 Å². The van der Waals surface area contributed by atoms with Gasteiger partial charge < -0.3 is 4.74 Å². The summed E-state index contributed by atoms with van der Waals surface area (Å²) in [5.41, 5.74) is -1.43. The van der Waals surface area contributed by atoms with Crippen LogP contribution in [-0.2, 0) is 9.59 Å². The van der Waals surface area contributed by atoms with Crippen LogP contribution in [0, 0.1) is 20.2 Å². The highest BCUT2D eigenvalue weighted by molar-refractivity contribution is 9.10. The molecule has 0 spiro atoms. The van der Waals surface area contributed by atoms with Gasteiger partial charge in [0.25, 0.3) is 17.5 Å². The summed E-state index contributed by atoms with van der Waals surface area (Å²) >= 11 is 9.41. The standard InChI is InChI=1S/C23H12BrClN4O8/c24-13-5-7-19(37-20-8-6-14(28(33)34)11-18(20)29(35)36)12(9-13)10-15-21(30)26-23(32)27(22(15)31)17-4-2-1-3-16(17)25/h1-11H,(H,26,30,32)/b15-10+. The molecule has 0 saturated carbocycles. The molecule has 1 fully saturated rings. The fraction of sp³-hybridized carbons (Fsp3) is 0. The van der Waals surface area contributed by atoms with Crippen molar-refractivity contribution in [3.8, 4) is 11.5 Å². The van der Waals surface area contributed by atoms with Crippen molar-refractivity contribution in [3.05, 3.63) is 102 Å². The number of amides is 4. The Balaban J connectivity index is 1.78. The maximum absolute atomic E-state index is 13.2. The maximum atomic E-state index is 13.2. The van der Waals surface area contributed by atoms with Gasteiger partial charge in [-0.25, -0.2) is 9.69 Å². The van der Waals surface area contributed by atoms with Crippen LogP contribution in [0.4, 0.5) is 21.9 Å². The minimum atomic E-state index is -0.993. The van der Waals surface area contributed by atoms with Crippen LogP contribution < -0.4 is 15.0 Å². The van der Waals surface area contributed by atoms with Crippen LogP contribution in [-0.4, -0.2) is 27.7 Å². The Kier molecular flexibility index (Phi) is 7.00. The van der Waals surface area contributed by atoms with Crippen LogP contribution in [0.2, 0.25) is 5.02 Å². The Hall–Kier alpha value is -4.62. The monoisotopic (exact) mass is 586 g/mol. The largest absolute Gasteiger partial charge is 0.449 e. The van der Waals surface area contributed by atoms with Crippen molar-refractivity contribution in [1.82, 2.24) is 5.32 Å². The average molecular weight is 588 g/mol. The van der Waals surface area contributed by atoms with Gasteiger partial charge in [-0.1, -0.05) is 39.7 Å². The fourth-order valence-electron chi connectivity index (χ4n) is 3.36. The molecule has 37 heavy (non-hydrogen) atoms. The molecule has 1 saturated heterocycles. The summed E-state index contributed by atoms with van der Waals surface area (Å²) in [4.78, 5) is 59.8. The minimum absolute atomic E-state index is 0.0190. The molecule has 0 aliphatic carbocycles. The summed E-state index contributed by atoms with van der Waals surface area (Å²) in [5, 5.41) is 24.7. The normalized spacial score (nSPS) is 14.5. The van der Waals surface area contributed by atoms with Crippen LogP contribution in [0.5, 0.6) is 11.5 Å². The summed E-state index contributed by atoms with van der Waals surface area (Å²) in [6.45, 7) is 0. The summed E-state index contributed by atoms with van der Waals surface area (Å²) in [5.74, 6) is -2.28. The molecule has 3 aromatic rings. The highest BCUT2D eigenvalue weighted by Gasteiger charge is 2.38. The summed E-state index contributed by atoms with van der Waals surface area (Å²) < 4.78 is 6.19. The van der Waals surface area contributed by atoms with Gasteiger partial charge in [0.1, 0.15) is 11.3 Å². The third-order valence-electron chi connectivity index (χ3n) is 5.04.